The lowest BCUT2D eigenvalue weighted by Crippen LogP contribution is -2.45. The van der Waals surface area contributed by atoms with Gasteiger partial charge in [-0.1, -0.05) is 19.1 Å². The van der Waals surface area contributed by atoms with Gasteiger partial charge in [-0.25, -0.2) is 9.78 Å². The molecule has 1 fully saturated rings. The van der Waals surface area contributed by atoms with E-state index in [1.54, 1.807) is 6.20 Å². The maximum atomic E-state index is 12.1. The van der Waals surface area contributed by atoms with Gasteiger partial charge in [0.2, 0.25) is 5.88 Å². The quantitative estimate of drug-likeness (QED) is 0.805. The molecule has 1 aromatic rings. The number of urea groups is 1. The lowest BCUT2D eigenvalue weighted by Gasteiger charge is -2.26. The first-order valence-electron chi connectivity index (χ1n) is 9.09. The van der Waals surface area contributed by atoms with E-state index in [0.29, 0.717) is 18.3 Å². The fourth-order valence-corrected chi connectivity index (χ4v) is 3.14. The van der Waals surface area contributed by atoms with Gasteiger partial charge in [-0.3, -0.25) is 0 Å². The van der Waals surface area contributed by atoms with Crippen molar-refractivity contribution in [1.82, 2.24) is 15.6 Å². The van der Waals surface area contributed by atoms with Crippen LogP contribution < -0.4 is 15.4 Å². The monoisotopic (exact) mass is 345 g/mol. The zero-order valence-electron chi connectivity index (χ0n) is 14.7. The number of carbonyl (C=O) groups is 1. The van der Waals surface area contributed by atoms with Crippen molar-refractivity contribution in [2.75, 3.05) is 13.2 Å². The number of ether oxygens (including phenoxy) is 2. The average molecular weight is 345 g/mol. The molecule has 3 rings (SSSR count). The van der Waals surface area contributed by atoms with Crippen LogP contribution in [-0.4, -0.2) is 36.4 Å². The van der Waals surface area contributed by atoms with Gasteiger partial charge in [0.25, 0.3) is 0 Å². The van der Waals surface area contributed by atoms with Crippen molar-refractivity contribution in [3.8, 4) is 5.88 Å². The van der Waals surface area contributed by atoms with Crippen molar-refractivity contribution in [2.45, 2.75) is 51.3 Å². The van der Waals surface area contributed by atoms with Crippen LogP contribution in [0.15, 0.2) is 30.5 Å². The van der Waals surface area contributed by atoms with E-state index in [-0.39, 0.29) is 18.2 Å². The standard InChI is InChI=1S/C19H27N3O3/c1-14-4-2-3-5-17(14)22-19(23)21-13-15-6-9-20-18(12-15)25-16-7-10-24-11-8-16/h2-3,6,9,12,14,16-17H,4-5,7-8,10-11,13H2,1H3,(H2,21,22,23)/t14-,17-/m1/s1. The van der Waals surface area contributed by atoms with E-state index in [9.17, 15) is 4.79 Å². The van der Waals surface area contributed by atoms with Crippen molar-refractivity contribution in [1.29, 1.82) is 0 Å². The van der Waals surface area contributed by atoms with Crippen molar-refractivity contribution in [3.05, 3.63) is 36.0 Å². The maximum Gasteiger partial charge on any atom is 0.315 e. The number of amides is 2. The Morgan fingerprint density at radius 1 is 1.32 bits per heavy atom. The molecule has 6 nitrogen and oxygen atoms in total. The van der Waals surface area contributed by atoms with Crippen molar-refractivity contribution in [2.24, 2.45) is 5.92 Å². The molecule has 136 valence electrons. The Kier molecular flexibility index (Phi) is 6.28. The molecule has 0 aromatic carbocycles. The smallest absolute Gasteiger partial charge is 0.315 e. The summed E-state index contributed by atoms with van der Waals surface area (Å²) < 4.78 is 11.2. The minimum Gasteiger partial charge on any atom is -0.474 e. The largest absolute Gasteiger partial charge is 0.474 e. The Morgan fingerprint density at radius 2 is 2.12 bits per heavy atom. The predicted molar refractivity (Wildman–Crippen MR) is 95.4 cm³/mol. The Balaban J connectivity index is 1.46. The zero-order valence-corrected chi connectivity index (χ0v) is 14.7. The predicted octanol–water partition coefficient (Wildman–Crippen LogP) is 2.79. The molecule has 0 spiro atoms. The van der Waals surface area contributed by atoms with Crippen molar-refractivity contribution < 1.29 is 14.3 Å². The second-order valence-electron chi connectivity index (χ2n) is 6.79. The summed E-state index contributed by atoms with van der Waals surface area (Å²) in [5.41, 5.74) is 0.976. The molecular formula is C19H27N3O3. The maximum absolute atomic E-state index is 12.1. The molecule has 1 aliphatic carbocycles. The van der Waals surface area contributed by atoms with Crippen LogP contribution >= 0.6 is 0 Å². The number of nitrogens with one attached hydrogen (secondary N) is 2. The Bertz CT molecular complexity index is 599. The highest BCUT2D eigenvalue weighted by Gasteiger charge is 2.20. The first kappa shape index (κ1) is 17.7. The number of pyridine rings is 1. The van der Waals surface area contributed by atoms with Crippen LogP contribution in [-0.2, 0) is 11.3 Å². The van der Waals surface area contributed by atoms with E-state index in [1.807, 2.05) is 12.1 Å². The summed E-state index contributed by atoms with van der Waals surface area (Å²) >= 11 is 0. The van der Waals surface area contributed by atoms with Gasteiger partial charge in [0, 0.05) is 37.7 Å². The highest BCUT2D eigenvalue weighted by Crippen LogP contribution is 2.18. The summed E-state index contributed by atoms with van der Waals surface area (Å²) in [6.45, 7) is 4.09. The van der Waals surface area contributed by atoms with Crippen LogP contribution in [0.1, 0.15) is 38.2 Å². The molecule has 1 aromatic heterocycles. The van der Waals surface area contributed by atoms with Gasteiger partial charge in [0.15, 0.2) is 0 Å². The van der Waals surface area contributed by atoms with Gasteiger partial charge < -0.3 is 20.1 Å². The molecule has 0 bridgehead atoms. The topological polar surface area (TPSA) is 72.5 Å². The molecule has 2 atom stereocenters. The molecule has 2 N–H and O–H groups in total. The minimum absolute atomic E-state index is 0.129. The number of nitrogens with zero attached hydrogens (tertiary/aromatic N) is 1. The van der Waals surface area contributed by atoms with Gasteiger partial charge in [0.05, 0.1) is 13.2 Å². The third kappa shape index (κ3) is 5.46. The first-order chi connectivity index (χ1) is 12.2. The van der Waals surface area contributed by atoms with Crippen molar-refractivity contribution >= 4 is 6.03 Å². The molecular weight excluding hydrogens is 318 g/mol. The molecule has 0 saturated carbocycles. The molecule has 2 heterocycles. The normalized spacial score (nSPS) is 23.9. The number of allylic oxidation sites excluding steroid dienone is 1. The number of rotatable bonds is 5. The highest BCUT2D eigenvalue weighted by atomic mass is 16.5. The summed E-state index contributed by atoms with van der Waals surface area (Å²) in [5.74, 6) is 1.08. The highest BCUT2D eigenvalue weighted by molar-refractivity contribution is 5.74. The number of aromatic nitrogens is 1. The van der Waals surface area contributed by atoms with Crippen LogP contribution in [0.25, 0.3) is 0 Å². The second-order valence-corrected chi connectivity index (χ2v) is 6.79. The van der Waals surface area contributed by atoms with Gasteiger partial charge in [-0.15, -0.1) is 0 Å². The minimum atomic E-state index is -0.129. The molecule has 2 aliphatic rings. The molecule has 0 unspecified atom stereocenters. The van der Waals surface area contributed by atoms with E-state index >= 15 is 0 Å². The summed E-state index contributed by atoms with van der Waals surface area (Å²) in [6, 6.07) is 3.86. The Morgan fingerprint density at radius 3 is 2.92 bits per heavy atom. The zero-order chi connectivity index (χ0) is 17.5. The molecule has 25 heavy (non-hydrogen) atoms. The lowest BCUT2D eigenvalue weighted by molar-refractivity contribution is 0.0237. The summed E-state index contributed by atoms with van der Waals surface area (Å²) in [6.07, 6.45) is 9.88. The van der Waals surface area contributed by atoms with Gasteiger partial charge >= 0.3 is 6.03 Å². The Labute approximate surface area is 149 Å². The third-order valence-corrected chi connectivity index (χ3v) is 4.78. The van der Waals surface area contributed by atoms with E-state index in [2.05, 4.69) is 34.7 Å². The van der Waals surface area contributed by atoms with E-state index in [0.717, 1.165) is 44.5 Å². The fourth-order valence-electron chi connectivity index (χ4n) is 3.14. The fraction of sp³-hybridized carbons (Fsp3) is 0.579. The van der Waals surface area contributed by atoms with E-state index in [1.165, 1.54) is 0 Å². The molecule has 6 heteroatoms. The third-order valence-electron chi connectivity index (χ3n) is 4.78. The van der Waals surface area contributed by atoms with Crippen LogP contribution in [0.2, 0.25) is 0 Å². The van der Waals surface area contributed by atoms with E-state index < -0.39 is 0 Å². The van der Waals surface area contributed by atoms with Crippen LogP contribution in [0.3, 0.4) is 0 Å². The van der Waals surface area contributed by atoms with Crippen molar-refractivity contribution in [3.63, 3.8) is 0 Å². The second kappa shape index (κ2) is 8.85. The average Bonchev–Trinajstić information content (AvgIpc) is 2.63. The number of hydrogen-bond donors (Lipinski definition) is 2. The summed E-state index contributed by atoms with van der Waals surface area (Å²) in [4.78, 5) is 16.4. The molecule has 1 aliphatic heterocycles. The van der Waals surface area contributed by atoms with Gasteiger partial charge in [-0.2, -0.15) is 0 Å². The van der Waals surface area contributed by atoms with Gasteiger partial charge in [0.1, 0.15) is 6.10 Å². The lowest BCUT2D eigenvalue weighted by atomic mass is 9.91. The molecule has 2 amide bonds. The molecule has 1 saturated heterocycles. The molecule has 0 radical (unpaired) electrons. The van der Waals surface area contributed by atoms with Crippen LogP contribution in [0.4, 0.5) is 4.79 Å². The SMILES string of the molecule is C[C@@H]1CC=CC[C@H]1NC(=O)NCc1ccnc(OC2CCOCC2)c1. The van der Waals surface area contributed by atoms with Gasteiger partial charge in [-0.05, 0) is 30.4 Å². The Hall–Kier alpha value is -2.08. The van der Waals surface area contributed by atoms with Crippen LogP contribution in [0.5, 0.6) is 5.88 Å². The summed E-state index contributed by atoms with van der Waals surface area (Å²) in [5, 5.41) is 5.98. The number of carbonyl (C=O) groups excluding carboxylic acids is 1. The summed E-state index contributed by atoms with van der Waals surface area (Å²) in [7, 11) is 0. The van der Waals surface area contributed by atoms with E-state index in [4.69, 9.17) is 9.47 Å². The van der Waals surface area contributed by atoms with Crippen LogP contribution in [0, 0.1) is 5.92 Å². The first-order valence-corrected chi connectivity index (χ1v) is 9.09. The number of hydrogen-bond acceptors (Lipinski definition) is 4.